The molecule has 1 fully saturated rings. The largest absolute Gasteiger partial charge is 0.478 e. The van der Waals surface area contributed by atoms with Gasteiger partial charge in [0.15, 0.2) is 0 Å². The van der Waals surface area contributed by atoms with Gasteiger partial charge in [-0.2, -0.15) is 0 Å². The Morgan fingerprint density at radius 2 is 1.90 bits per heavy atom. The van der Waals surface area contributed by atoms with Gasteiger partial charge >= 0.3 is 5.97 Å². The predicted octanol–water partition coefficient (Wildman–Crippen LogP) is 3.27. The number of nitrogens with two attached hydrogens (primary N) is 1. The van der Waals surface area contributed by atoms with Crippen molar-refractivity contribution in [3.05, 3.63) is 23.5 Å². The van der Waals surface area contributed by atoms with E-state index in [1.165, 1.54) is 37.8 Å². The molecule has 1 aromatic rings. The van der Waals surface area contributed by atoms with Gasteiger partial charge in [-0.25, -0.2) is 9.18 Å². The maximum absolute atomic E-state index is 13.8. The Labute approximate surface area is 118 Å². The van der Waals surface area contributed by atoms with Crippen molar-refractivity contribution in [2.75, 3.05) is 17.7 Å². The molecule has 0 aliphatic heterocycles. The van der Waals surface area contributed by atoms with Crippen LogP contribution in [0.5, 0.6) is 0 Å². The lowest BCUT2D eigenvalue weighted by molar-refractivity contribution is 0.0692. The Bertz CT molecular complexity index is 497. The average molecular weight is 280 g/mol. The van der Waals surface area contributed by atoms with Crippen LogP contribution in [-0.4, -0.2) is 24.2 Å². The minimum absolute atomic E-state index is 0.315. The second-order valence-corrected chi connectivity index (χ2v) is 5.45. The zero-order valence-electron chi connectivity index (χ0n) is 11.7. The van der Waals surface area contributed by atoms with E-state index in [1.54, 1.807) is 0 Å². The van der Waals surface area contributed by atoms with Crippen molar-refractivity contribution >= 4 is 17.3 Å². The van der Waals surface area contributed by atoms with Crippen LogP contribution in [-0.2, 0) is 0 Å². The third-order valence-corrected chi connectivity index (χ3v) is 4.10. The van der Waals surface area contributed by atoms with Gasteiger partial charge in [-0.05, 0) is 18.9 Å². The number of aromatic carboxylic acids is 1. The molecule has 5 heteroatoms. The molecule has 1 aromatic carbocycles. The summed E-state index contributed by atoms with van der Waals surface area (Å²) in [6.45, 7) is 0. The Morgan fingerprint density at radius 3 is 2.45 bits per heavy atom. The van der Waals surface area contributed by atoms with E-state index in [1.807, 2.05) is 11.9 Å². The lowest BCUT2D eigenvalue weighted by Crippen LogP contribution is -2.31. The summed E-state index contributed by atoms with van der Waals surface area (Å²) in [4.78, 5) is 12.9. The summed E-state index contributed by atoms with van der Waals surface area (Å²) >= 11 is 0. The maximum atomic E-state index is 13.8. The van der Waals surface area contributed by atoms with Crippen molar-refractivity contribution < 1.29 is 14.3 Å². The minimum atomic E-state index is -1.29. The topological polar surface area (TPSA) is 66.6 Å². The van der Waals surface area contributed by atoms with Crippen molar-refractivity contribution in [1.29, 1.82) is 0 Å². The van der Waals surface area contributed by atoms with Crippen molar-refractivity contribution in [1.82, 2.24) is 0 Å². The number of rotatable bonds is 3. The monoisotopic (exact) mass is 280 g/mol. The summed E-state index contributed by atoms with van der Waals surface area (Å²) in [6, 6.07) is 2.79. The lowest BCUT2D eigenvalue weighted by Gasteiger charge is -2.30. The first-order valence-corrected chi connectivity index (χ1v) is 7.06. The van der Waals surface area contributed by atoms with Crippen LogP contribution in [0.3, 0.4) is 0 Å². The van der Waals surface area contributed by atoms with Crippen LogP contribution >= 0.6 is 0 Å². The van der Waals surface area contributed by atoms with E-state index in [9.17, 15) is 9.18 Å². The van der Waals surface area contributed by atoms with Crippen LogP contribution in [0.15, 0.2) is 12.1 Å². The molecule has 1 saturated carbocycles. The molecule has 20 heavy (non-hydrogen) atoms. The number of carboxylic acid groups (broad SMARTS) is 1. The third kappa shape index (κ3) is 3.03. The van der Waals surface area contributed by atoms with Crippen molar-refractivity contribution in [2.45, 2.75) is 44.6 Å². The molecule has 4 nitrogen and oxygen atoms in total. The van der Waals surface area contributed by atoms with Gasteiger partial charge in [0.05, 0.1) is 16.9 Å². The molecule has 0 bridgehead atoms. The number of halogens is 1. The first kappa shape index (κ1) is 14.6. The van der Waals surface area contributed by atoms with E-state index in [0.717, 1.165) is 12.8 Å². The smallest absolute Gasteiger partial charge is 0.338 e. The van der Waals surface area contributed by atoms with E-state index in [-0.39, 0.29) is 5.56 Å². The van der Waals surface area contributed by atoms with Crippen LogP contribution in [0.4, 0.5) is 15.8 Å². The van der Waals surface area contributed by atoms with E-state index >= 15 is 0 Å². The zero-order valence-corrected chi connectivity index (χ0v) is 11.7. The molecule has 0 heterocycles. The number of carbonyl (C=O) groups is 1. The number of anilines is 2. The Balaban J connectivity index is 2.27. The quantitative estimate of drug-likeness (QED) is 0.658. The van der Waals surface area contributed by atoms with Gasteiger partial charge in [0.2, 0.25) is 0 Å². The van der Waals surface area contributed by atoms with Gasteiger partial charge in [-0.1, -0.05) is 25.7 Å². The fourth-order valence-corrected chi connectivity index (χ4v) is 2.89. The number of nitrogen functional groups attached to an aromatic ring is 1. The molecule has 0 saturated heterocycles. The average Bonchev–Trinajstić information content (AvgIpc) is 2.68. The summed E-state index contributed by atoms with van der Waals surface area (Å²) in [5, 5.41) is 8.90. The van der Waals surface area contributed by atoms with Crippen LogP contribution in [0.2, 0.25) is 0 Å². The summed E-state index contributed by atoms with van der Waals surface area (Å²) in [5.74, 6) is -2.03. The molecular weight excluding hydrogens is 259 g/mol. The van der Waals surface area contributed by atoms with Gasteiger partial charge in [0.25, 0.3) is 0 Å². The highest BCUT2D eigenvalue weighted by Crippen LogP contribution is 2.31. The minimum Gasteiger partial charge on any atom is -0.478 e. The maximum Gasteiger partial charge on any atom is 0.338 e. The van der Waals surface area contributed by atoms with Gasteiger partial charge < -0.3 is 15.7 Å². The molecule has 0 atom stereocenters. The molecular formula is C15H21FN2O2. The zero-order chi connectivity index (χ0) is 14.7. The fraction of sp³-hybridized carbons (Fsp3) is 0.533. The number of hydrogen-bond acceptors (Lipinski definition) is 3. The molecule has 3 N–H and O–H groups in total. The van der Waals surface area contributed by atoms with Crippen molar-refractivity contribution in [3.8, 4) is 0 Å². The van der Waals surface area contributed by atoms with Crippen LogP contribution in [0.1, 0.15) is 48.9 Å². The number of benzene rings is 1. The van der Waals surface area contributed by atoms with Crippen molar-refractivity contribution in [3.63, 3.8) is 0 Å². The molecule has 0 spiro atoms. The summed E-state index contributed by atoms with van der Waals surface area (Å²) < 4.78 is 13.8. The Hall–Kier alpha value is -1.78. The number of nitrogens with zero attached hydrogens (tertiary/aromatic N) is 1. The van der Waals surface area contributed by atoms with Crippen molar-refractivity contribution in [2.24, 2.45) is 0 Å². The molecule has 2 rings (SSSR count). The van der Waals surface area contributed by atoms with Gasteiger partial charge in [-0.15, -0.1) is 0 Å². The van der Waals surface area contributed by atoms with Gasteiger partial charge in [0, 0.05) is 19.2 Å². The van der Waals surface area contributed by atoms with E-state index in [4.69, 9.17) is 10.8 Å². The van der Waals surface area contributed by atoms with Crippen LogP contribution in [0.25, 0.3) is 0 Å². The van der Waals surface area contributed by atoms with E-state index < -0.39 is 11.8 Å². The second-order valence-electron chi connectivity index (χ2n) is 5.45. The van der Waals surface area contributed by atoms with Crippen LogP contribution < -0.4 is 10.6 Å². The Morgan fingerprint density at radius 1 is 1.30 bits per heavy atom. The normalized spacial score (nSPS) is 16.7. The molecule has 0 unspecified atom stereocenters. The molecule has 1 aliphatic rings. The molecule has 0 radical (unpaired) electrons. The predicted molar refractivity (Wildman–Crippen MR) is 77.7 cm³/mol. The fourth-order valence-electron chi connectivity index (χ4n) is 2.89. The highest BCUT2D eigenvalue weighted by atomic mass is 19.1. The molecule has 0 amide bonds. The molecule has 110 valence electrons. The second kappa shape index (κ2) is 6.11. The summed E-state index contributed by atoms with van der Waals surface area (Å²) in [6.07, 6.45) is 6.96. The molecule has 0 aromatic heterocycles. The Kier molecular flexibility index (Phi) is 4.47. The highest BCUT2D eigenvalue weighted by Gasteiger charge is 2.21. The van der Waals surface area contributed by atoms with Crippen LogP contribution in [0, 0.1) is 5.82 Å². The van der Waals surface area contributed by atoms with Gasteiger partial charge in [-0.3, -0.25) is 0 Å². The standard InChI is InChI=1S/C15H21FN2O2/c1-18(10-6-4-2-3-5-7-10)14-9-12(16)11(15(19)20)8-13(14)17/h8-10H,2-7,17H2,1H3,(H,19,20). The van der Waals surface area contributed by atoms with E-state index in [0.29, 0.717) is 17.4 Å². The SMILES string of the molecule is CN(c1cc(F)c(C(=O)O)cc1N)C1CCCCCC1. The summed E-state index contributed by atoms with van der Waals surface area (Å²) in [7, 11) is 1.90. The lowest BCUT2D eigenvalue weighted by atomic mass is 10.1. The number of carboxylic acids is 1. The number of hydrogen-bond donors (Lipinski definition) is 2. The third-order valence-electron chi connectivity index (χ3n) is 4.10. The van der Waals surface area contributed by atoms with E-state index in [2.05, 4.69) is 0 Å². The molecule has 1 aliphatic carbocycles. The van der Waals surface area contributed by atoms with Gasteiger partial charge in [0.1, 0.15) is 5.82 Å². The highest BCUT2D eigenvalue weighted by molar-refractivity contribution is 5.91. The first-order valence-electron chi connectivity index (χ1n) is 7.06. The first-order chi connectivity index (χ1) is 9.50. The summed E-state index contributed by atoms with van der Waals surface area (Å²) in [5.41, 5.74) is 6.43.